The zero-order chi connectivity index (χ0) is 13.8. The average molecular weight is 274 g/mol. The zero-order valence-electron chi connectivity index (χ0n) is 12.5. The van der Waals surface area contributed by atoms with Crippen LogP contribution in [0.4, 0.5) is 0 Å². The Morgan fingerprint density at radius 1 is 1.25 bits per heavy atom. The molecule has 0 saturated carbocycles. The van der Waals surface area contributed by atoms with Gasteiger partial charge < -0.3 is 10.1 Å². The van der Waals surface area contributed by atoms with Crippen molar-refractivity contribution in [3.8, 4) is 5.75 Å². The third-order valence-electron chi connectivity index (χ3n) is 4.89. The fourth-order valence-electron chi connectivity index (χ4n) is 3.90. The molecule has 2 aliphatic rings. The first-order valence-electron chi connectivity index (χ1n) is 7.86. The van der Waals surface area contributed by atoms with E-state index >= 15 is 0 Å². The van der Waals surface area contributed by atoms with Gasteiger partial charge in [0.2, 0.25) is 0 Å². The van der Waals surface area contributed by atoms with Crippen molar-refractivity contribution in [2.24, 2.45) is 5.41 Å². The standard InChI is InChI=1S/C17H26N2O/c1-20-16-7-3-2-6-15(16)12-19-11-5-9-17(14-19)8-4-10-18-13-17/h2-3,6-7,18H,4-5,8-14H2,1H3. The SMILES string of the molecule is COc1ccccc1CN1CCCC2(CCCNC2)C1. The van der Waals surface area contributed by atoms with Crippen molar-refractivity contribution >= 4 is 0 Å². The van der Waals surface area contributed by atoms with Crippen LogP contribution in [0.25, 0.3) is 0 Å². The van der Waals surface area contributed by atoms with E-state index in [1.54, 1.807) is 7.11 Å². The van der Waals surface area contributed by atoms with Gasteiger partial charge in [-0.1, -0.05) is 18.2 Å². The summed E-state index contributed by atoms with van der Waals surface area (Å²) in [6.45, 7) is 5.88. The van der Waals surface area contributed by atoms with Crippen molar-refractivity contribution in [3.63, 3.8) is 0 Å². The van der Waals surface area contributed by atoms with Crippen LogP contribution in [-0.4, -0.2) is 38.2 Å². The summed E-state index contributed by atoms with van der Waals surface area (Å²) in [5, 5.41) is 3.60. The molecule has 3 rings (SSSR count). The van der Waals surface area contributed by atoms with E-state index in [-0.39, 0.29) is 0 Å². The van der Waals surface area contributed by atoms with Crippen LogP contribution >= 0.6 is 0 Å². The predicted octanol–water partition coefficient (Wildman–Crippen LogP) is 2.66. The minimum Gasteiger partial charge on any atom is -0.496 e. The Bertz CT molecular complexity index is 435. The largest absolute Gasteiger partial charge is 0.496 e. The van der Waals surface area contributed by atoms with Crippen LogP contribution in [0.15, 0.2) is 24.3 Å². The van der Waals surface area contributed by atoms with Crippen LogP contribution in [0.1, 0.15) is 31.2 Å². The fourth-order valence-corrected chi connectivity index (χ4v) is 3.90. The topological polar surface area (TPSA) is 24.5 Å². The highest BCUT2D eigenvalue weighted by Gasteiger charge is 2.36. The Kier molecular flexibility index (Phi) is 4.27. The van der Waals surface area contributed by atoms with Gasteiger partial charge in [-0.3, -0.25) is 4.90 Å². The minimum absolute atomic E-state index is 0.526. The lowest BCUT2D eigenvalue weighted by atomic mass is 9.74. The summed E-state index contributed by atoms with van der Waals surface area (Å²) in [5.74, 6) is 1.02. The van der Waals surface area contributed by atoms with Gasteiger partial charge in [0.15, 0.2) is 0 Å². The first-order valence-corrected chi connectivity index (χ1v) is 7.86. The Labute approximate surface area is 122 Å². The molecule has 3 nitrogen and oxygen atoms in total. The lowest BCUT2D eigenvalue weighted by molar-refractivity contribution is 0.0596. The van der Waals surface area contributed by atoms with Gasteiger partial charge in [0.1, 0.15) is 5.75 Å². The number of nitrogens with one attached hydrogen (secondary N) is 1. The number of hydrogen-bond donors (Lipinski definition) is 1. The zero-order valence-corrected chi connectivity index (χ0v) is 12.5. The quantitative estimate of drug-likeness (QED) is 0.917. The number of nitrogens with zero attached hydrogens (tertiary/aromatic N) is 1. The highest BCUT2D eigenvalue weighted by Crippen LogP contribution is 2.36. The maximum Gasteiger partial charge on any atom is 0.123 e. The van der Waals surface area contributed by atoms with Crippen LogP contribution in [-0.2, 0) is 6.54 Å². The maximum atomic E-state index is 5.48. The maximum absolute atomic E-state index is 5.48. The number of likely N-dealkylation sites (tertiary alicyclic amines) is 1. The second-order valence-electron chi connectivity index (χ2n) is 6.41. The van der Waals surface area contributed by atoms with Crippen molar-refractivity contribution in [2.75, 3.05) is 33.3 Å². The second-order valence-corrected chi connectivity index (χ2v) is 6.41. The van der Waals surface area contributed by atoms with E-state index in [1.807, 2.05) is 6.07 Å². The molecule has 20 heavy (non-hydrogen) atoms. The molecular formula is C17H26N2O. The number of ether oxygens (including phenoxy) is 1. The van der Waals surface area contributed by atoms with E-state index < -0.39 is 0 Å². The van der Waals surface area contributed by atoms with Crippen LogP contribution in [0.5, 0.6) is 5.75 Å². The molecule has 0 radical (unpaired) electrons. The molecule has 2 saturated heterocycles. The summed E-state index contributed by atoms with van der Waals surface area (Å²) in [6.07, 6.45) is 5.45. The molecule has 0 aliphatic carbocycles. The van der Waals surface area contributed by atoms with Crippen molar-refractivity contribution < 1.29 is 4.74 Å². The lowest BCUT2D eigenvalue weighted by Crippen LogP contribution is -2.50. The number of benzene rings is 1. The highest BCUT2D eigenvalue weighted by molar-refractivity contribution is 5.33. The van der Waals surface area contributed by atoms with Gasteiger partial charge in [0.25, 0.3) is 0 Å². The fraction of sp³-hybridized carbons (Fsp3) is 0.647. The summed E-state index contributed by atoms with van der Waals surface area (Å²) in [4.78, 5) is 2.62. The first-order chi connectivity index (χ1) is 9.81. The number of hydrogen-bond acceptors (Lipinski definition) is 3. The molecular weight excluding hydrogens is 248 g/mol. The Morgan fingerprint density at radius 3 is 2.90 bits per heavy atom. The summed E-state index contributed by atoms with van der Waals surface area (Å²) in [7, 11) is 1.77. The van der Waals surface area contributed by atoms with E-state index in [9.17, 15) is 0 Å². The van der Waals surface area contributed by atoms with Crippen LogP contribution < -0.4 is 10.1 Å². The molecule has 2 heterocycles. The van der Waals surface area contributed by atoms with Gasteiger partial charge in [-0.15, -0.1) is 0 Å². The Hall–Kier alpha value is -1.06. The van der Waals surface area contributed by atoms with Gasteiger partial charge in [0, 0.05) is 25.2 Å². The molecule has 110 valence electrons. The summed E-state index contributed by atoms with van der Waals surface area (Å²) in [5.41, 5.74) is 1.84. The molecule has 1 unspecified atom stereocenters. The van der Waals surface area contributed by atoms with Crippen molar-refractivity contribution in [3.05, 3.63) is 29.8 Å². The molecule has 0 bridgehead atoms. The summed E-state index contributed by atoms with van der Waals surface area (Å²) < 4.78 is 5.48. The van der Waals surface area contributed by atoms with Crippen LogP contribution in [0.2, 0.25) is 0 Å². The molecule has 0 amide bonds. The van der Waals surface area contributed by atoms with E-state index in [0.29, 0.717) is 5.41 Å². The van der Waals surface area contributed by atoms with Gasteiger partial charge in [-0.2, -0.15) is 0 Å². The lowest BCUT2D eigenvalue weighted by Gasteiger charge is -2.45. The van der Waals surface area contributed by atoms with E-state index in [2.05, 4.69) is 28.4 Å². The van der Waals surface area contributed by atoms with Crippen LogP contribution in [0.3, 0.4) is 0 Å². The summed E-state index contributed by atoms with van der Waals surface area (Å²) in [6, 6.07) is 8.42. The number of rotatable bonds is 3. The van der Waals surface area contributed by atoms with Crippen molar-refractivity contribution in [1.82, 2.24) is 10.2 Å². The summed E-state index contributed by atoms with van der Waals surface area (Å²) >= 11 is 0. The van der Waals surface area contributed by atoms with Crippen LogP contribution in [0, 0.1) is 5.41 Å². The van der Waals surface area contributed by atoms with Crippen molar-refractivity contribution in [2.45, 2.75) is 32.2 Å². The first kappa shape index (κ1) is 13.9. The van der Waals surface area contributed by atoms with E-state index in [4.69, 9.17) is 4.74 Å². The minimum atomic E-state index is 0.526. The number of methoxy groups -OCH3 is 1. The van der Waals surface area contributed by atoms with Gasteiger partial charge >= 0.3 is 0 Å². The van der Waals surface area contributed by atoms with E-state index in [1.165, 1.54) is 57.4 Å². The molecule has 0 aromatic heterocycles. The average Bonchev–Trinajstić information content (AvgIpc) is 2.49. The molecule has 1 aromatic rings. The highest BCUT2D eigenvalue weighted by atomic mass is 16.5. The van der Waals surface area contributed by atoms with Gasteiger partial charge in [-0.05, 0) is 50.3 Å². The predicted molar refractivity (Wildman–Crippen MR) is 82.0 cm³/mol. The molecule has 2 fully saturated rings. The molecule has 1 spiro atoms. The second kappa shape index (κ2) is 6.15. The van der Waals surface area contributed by atoms with Gasteiger partial charge in [-0.25, -0.2) is 0 Å². The third-order valence-corrected chi connectivity index (χ3v) is 4.89. The normalized spacial score (nSPS) is 27.6. The Balaban J connectivity index is 1.68. The monoisotopic (exact) mass is 274 g/mol. The third kappa shape index (κ3) is 2.99. The van der Waals surface area contributed by atoms with E-state index in [0.717, 1.165) is 12.3 Å². The molecule has 1 N–H and O–H groups in total. The van der Waals surface area contributed by atoms with Gasteiger partial charge in [0.05, 0.1) is 7.11 Å². The molecule has 1 atom stereocenters. The Morgan fingerprint density at radius 2 is 2.10 bits per heavy atom. The molecule has 3 heteroatoms. The molecule has 2 aliphatic heterocycles. The number of piperidine rings is 2. The smallest absolute Gasteiger partial charge is 0.123 e. The molecule has 1 aromatic carbocycles. The van der Waals surface area contributed by atoms with Crippen molar-refractivity contribution in [1.29, 1.82) is 0 Å². The number of para-hydroxylation sites is 1.